The first-order valence-electron chi connectivity index (χ1n) is 5.27. The van der Waals surface area contributed by atoms with E-state index >= 15 is 0 Å². The molecule has 0 N–H and O–H groups in total. The first-order valence-corrected chi connectivity index (χ1v) is 6.09. The summed E-state index contributed by atoms with van der Waals surface area (Å²) in [5, 5.41) is 20.1. The molecule has 0 unspecified atom stereocenters. The third-order valence-electron chi connectivity index (χ3n) is 2.21. The number of hydrogen-bond acceptors (Lipinski definition) is 6. The second kappa shape index (κ2) is 5.46. The van der Waals surface area contributed by atoms with E-state index in [1.165, 1.54) is 6.07 Å². The first-order chi connectivity index (χ1) is 9.10. The minimum Gasteiger partial charge on any atom is -0.258 e. The van der Waals surface area contributed by atoms with E-state index in [0.717, 1.165) is 11.8 Å². The molecular formula is C12H8N4O2S. The molecule has 19 heavy (non-hydrogen) atoms. The van der Waals surface area contributed by atoms with Crippen LogP contribution in [0.3, 0.4) is 0 Å². The Morgan fingerprint density at radius 2 is 2.11 bits per heavy atom. The van der Waals surface area contributed by atoms with Crippen LogP contribution in [-0.2, 0) is 0 Å². The first kappa shape index (κ1) is 13.0. The Kier molecular flexibility index (Phi) is 3.73. The van der Waals surface area contributed by atoms with Gasteiger partial charge in [-0.3, -0.25) is 10.1 Å². The summed E-state index contributed by atoms with van der Waals surface area (Å²) in [4.78, 5) is 19.1. The molecule has 0 atom stereocenters. The third-order valence-corrected chi connectivity index (χ3v) is 3.14. The maximum Gasteiger partial charge on any atom is 0.283 e. The van der Waals surface area contributed by atoms with Gasteiger partial charge in [0.15, 0.2) is 5.16 Å². The Hall–Kier alpha value is -2.46. The molecule has 1 aromatic carbocycles. The Labute approximate surface area is 113 Å². The molecule has 0 amide bonds. The second-order valence-corrected chi connectivity index (χ2v) is 4.62. The second-order valence-electron chi connectivity index (χ2n) is 3.62. The lowest BCUT2D eigenvalue weighted by Gasteiger charge is -2.02. The van der Waals surface area contributed by atoms with E-state index in [9.17, 15) is 10.1 Å². The molecule has 2 rings (SSSR count). The maximum absolute atomic E-state index is 10.9. The zero-order valence-electron chi connectivity index (χ0n) is 9.90. The van der Waals surface area contributed by atoms with Crippen LogP contribution in [0.2, 0.25) is 0 Å². The smallest absolute Gasteiger partial charge is 0.258 e. The Morgan fingerprint density at radius 1 is 1.37 bits per heavy atom. The van der Waals surface area contributed by atoms with Gasteiger partial charge in [-0.25, -0.2) is 9.97 Å². The molecule has 0 fully saturated rings. The van der Waals surface area contributed by atoms with Crippen LogP contribution in [-0.4, -0.2) is 14.9 Å². The summed E-state index contributed by atoms with van der Waals surface area (Å²) in [5.74, 6) is 0. The quantitative estimate of drug-likeness (QED) is 0.484. The molecule has 1 aromatic heterocycles. The SMILES string of the molecule is Cc1cc(C#N)nc(Sc2ccccc2[N+](=O)[O-])n1. The molecule has 94 valence electrons. The van der Waals surface area contributed by atoms with Crippen molar-refractivity contribution < 1.29 is 4.92 Å². The molecule has 2 aromatic rings. The molecular weight excluding hydrogens is 264 g/mol. The number of nitro benzene ring substituents is 1. The molecule has 0 radical (unpaired) electrons. The fourth-order valence-corrected chi connectivity index (χ4v) is 2.36. The summed E-state index contributed by atoms with van der Waals surface area (Å²) in [5.41, 5.74) is 0.886. The number of rotatable bonds is 3. The molecule has 0 aliphatic rings. The lowest BCUT2D eigenvalue weighted by molar-refractivity contribution is -0.387. The summed E-state index contributed by atoms with van der Waals surface area (Å²) in [6.07, 6.45) is 0. The lowest BCUT2D eigenvalue weighted by atomic mass is 10.3. The van der Waals surface area contributed by atoms with Crippen LogP contribution in [0, 0.1) is 28.4 Å². The third kappa shape index (κ3) is 3.05. The predicted octanol–water partition coefficient (Wildman–Crippen LogP) is 2.72. The normalized spacial score (nSPS) is 9.89. The van der Waals surface area contributed by atoms with E-state index in [1.807, 2.05) is 6.07 Å². The molecule has 0 saturated carbocycles. The van der Waals surface area contributed by atoms with Crippen LogP contribution in [0.1, 0.15) is 11.4 Å². The largest absolute Gasteiger partial charge is 0.283 e. The van der Waals surface area contributed by atoms with Gasteiger partial charge in [0.25, 0.3) is 5.69 Å². The highest BCUT2D eigenvalue weighted by Crippen LogP contribution is 2.32. The fraction of sp³-hybridized carbons (Fsp3) is 0.0833. The van der Waals surface area contributed by atoms with Crippen molar-refractivity contribution in [3.05, 3.63) is 51.8 Å². The predicted molar refractivity (Wildman–Crippen MR) is 68.7 cm³/mol. The van der Waals surface area contributed by atoms with E-state index in [0.29, 0.717) is 15.7 Å². The topological polar surface area (TPSA) is 92.7 Å². The zero-order valence-corrected chi connectivity index (χ0v) is 10.7. The van der Waals surface area contributed by atoms with Gasteiger partial charge in [0.1, 0.15) is 11.8 Å². The number of nitro groups is 1. The molecule has 0 spiro atoms. The van der Waals surface area contributed by atoms with Crippen molar-refractivity contribution in [2.45, 2.75) is 17.0 Å². The van der Waals surface area contributed by atoms with Crippen molar-refractivity contribution in [1.82, 2.24) is 9.97 Å². The molecule has 0 saturated heterocycles. The van der Waals surface area contributed by atoms with Gasteiger partial charge in [-0.1, -0.05) is 12.1 Å². The van der Waals surface area contributed by atoms with E-state index < -0.39 is 4.92 Å². The van der Waals surface area contributed by atoms with Gasteiger partial charge >= 0.3 is 0 Å². The van der Waals surface area contributed by atoms with Crippen molar-refractivity contribution in [1.29, 1.82) is 5.26 Å². The Balaban J connectivity index is 2.39. The van der Waals surface area contributed by atoms with Gasteiger partial charge in [0, 0.05) is 11.8 Å². The minimum absolute atomic E-state index is 0.00360. The number of aryl methyl sites for hydroxylation is 1. The Bertz CT molecular complexity index is 682. The van der Waals surface area contributed by atoms with Crippen molar-refractivity contribution in [2.24, 2.45) is 0 Å². The van der Waals surface area contributed by atoms with Crippen LogP contribution in [0.4, 0.5) is 5.69 Å². The van der Waals surface area contributed by atoms with Crippen molar-refractivity contribution >= 4 is 17.4 Å². The maximum atomic E-state index is 10.9. The van der Waals surface area contributed by atoms with Crippen LogP contribution in [0.15, 0.2) is 40.4 Å². The number of aromatic nitrogens is 2. The number of para-hydroxylation sites is 1. The fourth-order valence-electron chi connectivity index (χ4n) is 1.44. The van der Waals surface area contributed by atoms with Crippen molar-refractivity contribution in [3.63, 3.8) is 0 Å². The summed E-state index contributed by atoms with van der Waals surface area (Å²) >= 11 is 1.07. The number of nitrogens with zero attached hydrogens (tertiary/aromatic N) is 4. The average Bonchev–Trinajstić information content (AvgIpc) is 2.38. The van der Waals surface area contributed by atoms with Crippen molar-refractivity contribution in [3.8, 4) is 6.07 Å². The monoisotopic (exact) mass is 272 g/mol. The summed E-state index contributed by atoms with van der Waals surface area (Å²) in [6, 6.07) is 9.84. The van der Waals surface area contributed by atoms with E-state index in [4.69, 9.17) is 5.26 Å². The number of hydrogen-bond donors (Lipinski definition) is 0. The van der Waals surface area contributed by atoms with Gasteiger partial charge in [-0.05, 0) is 30.8 Å². The van der Waals surface area contributed by atoms with Gasteiger partial charge < -0.3 is 0 Å². The van der Waals surface area contributed by atoms with Gasteiger partial charge in [0.2, 0.25) is 0 Å². The molecule has 1 heterocycles. The molecule has 0 aliphatic heterocycles. The van der Waals surface area contributed by atoms with Crippen LogP contribution in [0.25, 0.3) is 0 Å². The standard InChI is InChI=1S/C12H8N4O2S/c1-8-6-9(7-13)15-12(14-8)19-11-5-3-2-4-10(11)16(17)18/h2-6H,1H3. The van der Waals surface area contributed by atoms with Gasteiger partial charge in [-0.15, -0.1) is 0 Å². The molecule has 0 aliphatic carbocycles. The van der Waals surface area contributed by atoms with E-state index in [-0.39, 0.29) is 11.4 Å². The van der Waals surface area contributed by atoms with Gasteiger partial charge in [0.05, 0.1) is 9.82 Å². The summed E-state index contributed by atoms with van der Waals surface area (Å²) < 4.78 is 0. The van der Waals surface area contributed by atoms with Crippen molar-refractivity contribution in [2.75, 3.05) is 0 Å². The van der Waals surface area contributed by atoms with E-state index in [2.05, 4.69) is 9.97 Å². The summed E-state index contributed by atoms with van der Waals surface area (Å²) in [7, 11) is 0. The highest BCUT2D eigenvalue weighted by Gasteiger charge is 2.15. The molecule has 6 nitrogen and oxygen atoms in total. The van der Waals surface area contributed by atoms with Gasteiger partial charge in [-0.2, -0.15) is 5.26 Å². The summed E-state index contributed by atoms with van der Waals surface area (Å²) in [6.45, 7) is 1.74. The van der Waals surface area contributed by atoms with Crippen LogP contribution in [0.5, 0.6) is 0 Å². The minimum atomic E-state index is -0.455. The Morgan fingerprint density at radius 3 is 2.79 bits per heavy atom. The lowest BCUT2D eigenvalue weighted by Crippen LogP contribution is -1.95. The highest BCUT2D eigenvalue weighted by molar-refractivity contribution is 7.99. The molecule has 7 heteroatoms. The highest BCUT2D eigenvalue weighted by atomic mass is 32.2. The average molecular weight is 272 g/mol. The number of nitriles is 1. The van der Waals surface area contributed by atoms with Crippen LogP contribution >= 0.6 is 11.8 Å². The zero-order chi connectivity index (χ0) is 13.8. The van der Waals surface area contributed by atoms with E-state index in [1.54, 1.807) is 31.2 Å². The molecule has 0 bridgehead atoms. The number of benzene rings is 1. The van der Waals surface area contributed by atoms with Crippen LogP contribution < -0.4 is 0 Å².